The fraction of sp³-hybridized carbons (Fsp3) is 0.0455. The highest BCUT2D eigenvalue weighted by Crippen LogP contribution is 2.35. The topological polar surface area (TPSA) is 46.2 Å². The van der Waals surface area contributed by atoms with E-state index in [0.29, 0.717) is 23.5 Å². The van der Waals surface area contributed by atoms with Gasteiger partial charge in [0.15, 0.2) is 11.6 Å². The first-order chi connectivity index (χ1) is 13.2. The summed E-state index contributed by atoms with van der Waals surface area (Å²) < 4.78 is 39.2. The average molecular weight is 361 g/mol. The molecule has 0 aliphatic heterocycles. The van der Waals surface area contributed by atoms with Crippen LogP contribution in [0.1, 0.15) is 11.1 Å². The lowest BCUT2D eigenvalue weighted by atomic mass is 10.0. The Balaban J connectivity index is 1.65. The molecule has 0 radical (unpaired) electrons. The molecule has 1 aromatic heterocycles. The van der Waals surface area contributed by atoms with Crippen molar-refractivity contribution in [2.45, 2.75) is 6.61 Å². The van der Waals surface area contributed by atoms with E-state index in [9.17, 15) is 8.78 Å². The molecular weight excluding hydrogens is 348 g/mol. The third-order valence-electron chi connectivity index (χ3n) is 4.27. The molecule has 0 amide bonds. The molecule has 0 aliphatic carbocycles. The van der Waals surface area contributed by atoms with E-state index in [1.165, 1.54) is 0 Å². The summed E-state index contributed by atoms with van der Waals surface area (Å²) in [6.45, 7) is 0.430. The van der Waals surface area contributed by atoms with E-state index in [2.05, 4.69) is 0 Å². The summed E-state index contributed by atoms with van der Waals surface area (Å²) in [5, 5.41) is 8.93. The highest BCUT2D eigenvalue weighted by atomic mass is 19.2. The van der Waals surface area contributed by atoms with Gasteiger partial charge in [-0.25, -0.2) is 8.78 Å². The Morgan fingerprint density at radius 3 is 2.44 bits per heavy atom. The molecule has 0 N–H and O–H groups in total. The Morgan fingerprint density at radius 1 is 1.00 bits per heavy atom. The molecule has 0 aliphatic rings. The van der Waals surface area contributed by atoms with Crippen molar-refractivity contribution in [1.82, 2.24) is 0 Å². The summed E-state index contributed by atoms with van der Waals surface area (Å²) in [6.07, 6.45) is 1.13. The van der Waals surface area contributed by atoms with Gasteiger partial charge in [-0.1, -0.05) is 42.5 Å². The van der Waals surface area contributed by atoms with Crippen molar-refractivity contribution < 1.29 is 17.9 Å². The van der Waals surface area contributed by atoms with Crippen molar-refractivity contribution in [3.63, 3.8) is 0 Å². The molecule has 27 heavy (non-hydrogen) atoms. The maximum atomic E-state index is 14.1. The summed E-state index contributed by atoms with van der Waals surface area (Å²) in [5.74, 6) is -1.46. The molecule has 1 heterocycles. The van der Waals surface area contributed by atoms with Crippen LogP contribution in [0.4, 0.5) is 8.78 Å². The van der Waals surface area contributed by atoms with Crippen LogP contribution < -0.4 is 4.74 Å². The molecule has 132 valence electrons. The zero-order chi connectivity index (χ0) is 18.8. The van der Waals surface area contributed by atoms with Gasteiger partial charge in [0.1, 0.15) is 35.8 Å². The van der Waals surface area contributed by atoms with Gasteiger partial charge in [-0.05, 0) is 29.3 Å². The molecule has 0 atom stereocenters. The molecule has 3 aromatic carbocycles. The van der Waals surface area contributed by atoms with Gasteiger partial charge >= 0.3 is 0 Å². The van der Waals surface area contributed by atoms with E-state index in [-0.39, 0.29) is 16.5 Å². The maximum absolute atomic E-state index is 14.1. The molecule has 4 aromatic rings. The largest absolute Gasteiger partial charge is 0.489 e. The molecule has 0 bridgehead atoms. The predicted octanol–water partition coefficient (Wildman–Crippen LogP) is 5.83. The van der Waals surface area contributed by atoms with E-state index < -0.39 is 11.6 Å². The van der Waals surface area contributed by atoms with Crippen molar-refractivity contribution in [2.24, 2.45) is 0 Å². The molecule has 0 saturated carbocycles. The third-order valence-corrected chi connectivity index (χ3v) is 4.27. The van der Waals surface area contributed by atoms with Crippen LogP contribution in [0.2, 0.25) is 0 Å². The molecule has 4 rings (SSSR count). The van der Waals surface area contributed by atoms with Crippen molar-refractivity contribution in [3.05, 3.63) is 89.7 Å². The van der Waals surface area contributed by atoms with Gasteiger partial charge in [0.2, 0.25) is 0 Å². The SMILES string of the molecule is N#Cc1coc2c(-c3ccc(OCc4ccccc4)cc3)cc(F)c(F)c12. The van der Waals surface area contributed by atoms with Crippen molar-refractivity contribution >= 4 is 11.0 Å². The third kappa shape index (κ3) is 3.13. The Morgan fingerprint density at radius 2 is 1.74 bits per heavy atom. The molecule has 0 fully saturated rings. The predicted molar refractivity (Wildman–Crippen MR) is 97.1 cm³/mol. The van der Waals surface area contributed by atoms with Crippen molar-refractivity contribution in [3.8, 4) is 22.9 Å². The maximum Gasteiger partial charge on any atom is 0.171 e. The van der Waals surface area contributed by atoms with E-state index in [4.69, 9.17) is 14.4 Å². The lowest BCUT2D eigenvalue weighted by Crippen LogP contribution is -1.95. The average Bonchev–Trinajstić information content (AvgIpc) is 3.15. The minimum atomic E-state index is -1.08. The Hall–Kier alpha value is -3.65. The standard InChI is InChI=1S/C22H13F2NO2/c23-19-10-18(22-20(21(19)24)16(11-25)13-27-22)15-6-8-17(9-7-15)26-12-14-4-2-1-3-5-14/h1-10,13H,12H2. The van der Waals surface area contributed by atoms with Crippen LogP contribution >= 0.6 is 0 Å². The first-order valence-corrected chi connectivity index (χ1v) is 8.24. The summed E-state index contributed by atoms with van der Waals surface area (Å²) in [4.78, 5) is 0. The zero-order valence-corrected chi connectivity index (χ0v) is 14.1. The molecule has 5 heteroatoms. The number of furan rings is 1. The van der Waals surface area contributed by atoms with Gasteiger partial charge < -0.3 is 9.15 Å². The highest BCUT2D eigenvalue weighted by Gasteiger charge is 2.20. The second kappa shape index (κ2) is 6.93. The molecule has 0 spiro atoms. The lowest BCUT2D eigenvalue weighted by Gasteiger charge is -2.08. The normalized spacial score (nSPS) is 10.7. The lowest BCUT2D eigenvalue weighted by molar-refractivity contribution is 0.306. The second-order valence-electron chi connectivity index (χ2n) is 5.98. The number of nitrogens with zero attached hydrogens (tertiary/aromatic N) is 1. The van der Waals surface area contributed by atoms with E-state index in [0.717, 1.165) is 17.9 Å². The van der Waals surface area contributed by atoms with E-state index >= 15 is 0 Å². The van der Waals surface area contributed by atoms with Gasteiger partial charge in [-0.3, -0.25) is 0 Å². The minimum Gasteiger partial charge on any atom is -0.489 e. The Kier molecular flexibility index (Phi) is 4.31. The van der Waals surface area contributed by atoms with Gasteiger partial charge in [0.25, 0.3) is 0 Å². The number of benzene rings is 3. The van der Waals surface area contributed by atoms with Crippen LogP contribution in [0.15, 0.2) is 71.3 Å². The van der Waals surface area contributed by atoms with Gasteiger partial charge in [0.05, 0.1) is 5.39 Å². The Bertz CT molecular complexity index is 1140. The van der Waals surface area contributed by atoms with Gasteiger partial charge in [0, 0.05) is 5.56 Å². The first kappa shape index (κ1) is 16.8. The van der Waals surface area contributed by atoms with Crippen molar-refractivity contribution in [2.75, 3.05) is 0 Å². The number of hydrogen-bond acceptors (Lipinski definition) is 3. The van der Waals surface area contributed by atoms with Crippen molar-refractivity contribution in [1.29, 1.82) is 5.26 Å². The number of halogens is 2. The molecule has 0 unspecified atom stereocenters. The number of nitriles is 1. The fourth-order valence-electron chi connectivity index (χ4n) is 2.92. The Labute approximate surface area is 154 Å². The summed E-state index contributed by atoms with van der Waals surface area (Å²) in [7, 11) is 0. The number of ether oxygens (including phenoxy) is 1. The monoisotopic (exact) mass is 361 g/mol. The van der Waals surface area contributed by atoms with Crippen LogP contribution in [0.5, 0.6) is 5.75 Å². The summed E-state index contributed by atoms with van der Waals surface area (Å²) in [6, 6.07) is 19.6. The molecular formula is C22H13F2NO2. The van der Waals surface area contributed by atoms with Gasteiger partial charge in [-0.2, -0.15) is 5.26 Å². The minimum absolute atomic E-state index is 0.0361. The van der Waals surface area contributed by atoms with Crippen LogP contribution in [0.3, 0.4) is 0 Å². The fourth-order valence-corrected chi connectivity index (χ4v) is 2.92. The van der Waals surface area contributed by atoms with Crippen LogP contribution in [-0.4, -0.2) is 0 Å². The summed E-state index contributed by atoms with van der Waals surface area (Å²) >= 11 is 0. The first-order valence-electron chi connectivity index (χ1n) is 8.24. The van der Waals surface area contributed by atoms with E-state index in [1.54, 1.807) is 24.3 Å². The van der Waals surface area contributed by atoms with Crippen LogP contribution in [0.25, 0.3) is 22.1 Å². The van der Waals surface area contributed by atoms with Crippen LogP contribution in [-0.2, 0) is 6.61 Å². The number of hydrogen-bond donors (Lipinski definition) is 0. The highest BCUT2D eigenvalue weighted by molar-refractivity contribution is 5.96. The van der Waals surface area contributed by atoms with E-state index in [1.807, 2.05) is 36.4 Å². The molecule has 0 saturated heterocycles. The number of rotatable bonds is 4. The number of fused-ring (bicyclic) bond motifs is 1. The van der Waals surface area contributed by atoms with Gasteiger partial charge in [-0.15, -0.1) is 0 Å². The second-order valence-corrected chi connectivity index (χ2v) is 5.98. The quantitative estimate of drug-likeness (QED) is 0.459. The van der Waals surface area contributed by atoms with Crippen LogP contribution in [0, 0.1) is 23.0 Å². The smallest absolute Gasteiger partial charge is 0.171 e. The zero-order valence-electron chi connectivity index (χ0n) is 14.1. The summed E-state index contributed by atoms with van der Waals surface area (Å²) in [5.41, 5.74) is 2.16. The molecule has 3 nitrogen and oxygen atoms in total.